The van der Waals surface area contributed by atoms with Gasteiger partial charge in [0.15, 0.2) is 0 Å². The summed E-state index contributed by atoms with van der Waals surface area (Å²) in [6.45, 7) is -1.47. The third kappa shape index (κ3) is 3.63. The zero-order valence-electron chi connectivity index (χ0n) is 12.1. The number of nitrogens with zero attached hydrogens (tertiary/aromatic N) is 3. The van der Waals surface area contributed by atoms with Crippen LogP contribution in [0.5, 0.6) is 0 Å². The summed E-state index contributed by atoms with van der Waals surface area (Å²) in [5.74, 6) is -2.22. The van der Waals surface area contributed by atoms with E-state index >= 15 is 0 Å². The highest BCUT2D eigenvalue weighted by Gasteiger charge is 2.30. The first-order chi connectivity index (χ1) is 11.2. The largest absolute Gasteiger partial charge is 0.478 e. The molecule has 10 heteroatoms. The average molecular weight is 344 g/mol. The van der Waals surface area contributed by atoms with Crippen molar-refractivity contribution in [1.82, 2.24) is 14.8 Å². The number of hydrogen-bond acceptors (Lipinski definition) is 4. The van der Waals surface area contributed by atoms with Gasteiger partial charge in [0.05, 0.1) is 5.56 Å². The molecule has 1 fully saturated rings. The number of hydrogen-bond donors (Lipinski definition) is 2. The van der Waals surface area contributed by atoms with E-state index in [2.05, 4.69) is 15.4 Å². The standard InChI is InChI=1S/C14H12F4N4O2/c15-12-8(3-4-10(20-12)19-7-1-2-7)11-9(13(23)24)5-22(21-11)6-14(16,17)18/h3-5,7H,1-2,6H2,(H,19,20)(H,23,24). The molecule has 1 aliphatic carbocycles. The summed E-state index contributed by atoms with van der Waals surface area (Å²) < 4.78 is 51.9. The van der Waals surface area contributed by atoms with Crippen molar-refractivity contribution in [1.29, 1.82) is 0 Å². The van der Waals surface area contributed by atoms with Gasteiger partial charge in [0.2, 0.25) is 5.95 Å². The van der Waals surface area contributed by atoms with Gasteiger partial charge in [-0.05, 0) is 25.0 Å². The fraction of sp³-hybridized carbons (Fsp3) is 0.357. The van der Waals surface area contributed by atoms with Crippen molar-refractivity contribution in [2.45, 2.75) is 31.6 Å². The van der Waals surface area contributed by atoms with Crippen LogP contribution >= 0.6 is 0 Å². The van der Waals surface area contributed by atoms with Crippen LogP contribution in [0, 0.1) is 5.95 Å². The summed E-state index contributed by atoms with van der Waals surface area (Å²) in [7, 11) is 0. The van der Waals surface area contributed by atoms with Crippen molar-refractivity contribution in [3.8, 4) is 11.3 Å². The monoisotopic (exact) mass is 344 g/mol. The van der Waals surface area contributed by atoms with E-state index in [0.717, 1.165) is 19.0 Å². The third-order valence-electron chi connectivity index (χ3n) is 3.37. The molecule has 0 aromatic carbocycles. The number of pyridine rings is 1. The van der Waals surface area contributed by atoms with E-state index in [1.54, 1.807) is 0 Å². The molecule has 0 bridgehead atoms. The quantitative estimate of drug-likeness (QED) is 0.644. The SMILES string of the molecule is O=C(O)c1cn(CC(F)(F)F)nc1-c1ccc(NC2CC2)nc1F. The molecule has 0 radical (unpaired) electrons. The molecule has 1 aliphatic rings. The van der Waals surface area contributed by atoms with E-state index in [4.69, 9.17) is 5.11 Å². The van der Waals surface area contributed by atoms with Crippen LogP contribution in [0.2, 0.25) is 0 Å². The Bertz CT molecular complexity index is 784. The lowest BCUT2D eigenvalue weighted by Crippen LogP contribution is -2.18. The first-order valence-corrected chi connectivity index (χ1v) is 7.04. The Morgan fingerprint density at radius 3 is 2.62 bits per heavy atom. The first-order valence-electron chi connectivity index (χ1n) is 7.04. The van der Waals surface area contributed by atoms with Crippen LogP contribution in [0.1, 0.15) is 23.2 Å². The zero-order chi connectivity index (χ0) is 17.5. The maximum Gasteiger partial charge on any atom is 0.408 e. The molecule has 2 heterocycles. The number of alkyl halides is 3. The van der Waals surface area contributed by atoms with E-state index in [0.29, 0.717) is 4.68 Å². The number of aromatic nitrogens is 3. The summed E-state index contributed by atoms with van der Waals surface area (Å²) in [4.78, 5) is 14.9. The number of nitrogens with one attached hydrogen (secondary N) is 1. The highest BCUT2D eigenvalue weighted by molar-refractivity contribution is 5.94. The minimum Gasteiger partial charge on any atom is -0.478 e. The maximum atomic E-state index is 14.2. The molecule has 0 atom stereocenters. The fourth-order valence-electron chi connectivity index (χ4n) is 2.17. The van der Waals surface area contributed by atoms with Gasteiger partial charge in [-0.25, -0.2) is 9.78 Å². The van der Waals surface area contributed by atoms with E-state index in [1.165, 1.54) is 12.1 Å². The molecule has 1 saturated carbocycles. The number of aromatic carboxylic acids is 1. The number of carboxylic acids is 1. The second kappa shape index (κ2) is 5.77. The lowest BCUT2D eigenvalue weighted by molar-refractivity contribution is -0.142. The van der Waals surface area contributed by atoms with Gasteiger partial charge in [-0.15, -0.1) is 0 Å². The van der Waals surface area contributed by atoms with Crippen molar-refractivity contribution in [2.24, 2.45) is 0 Å². The molecule has 2 aromatic rings. The van der Waals surface area contributed by atoms with Crippen molar-refractivity contribution >= 4 is 11.8 Å². The predicted molar refractivity (Wildman–Crippen MR) is 75.1 cm³/mol. The lowest BCUT2D eigenvalue weighted by atomic mass is 10.1. The summed E-state index contributed by atoms with van der Waals surface area (Å²) in [5, 5.41) is 15.7. The van der Waals surface area contributed by atoms with Crippen LogP contribution in [0.4, 0.5) is 23.4 Å². The molecule has 128 valence electrons. The minimum atomic E-state index is -4.58. The van der Waals surface area contributed by atoms with Crippen LogP contribution in [-0.2, 0) is 6.54 Å². The summed E-state index contributed by atoms with van der Waals surface area (Å²) in [5.41, 5.74) is -1.19. The number of rotatable bonds is 5. The van der Waals surface area contributed by atoms with Crippen molar-refractivity contribution in [2.75, 3.05) is 5.32 Å². The van der Waals surface area contributed by atoms with Gasteiger partial charge >= 0.3 is 12.1 Å². The lowest BCUT2D eigenvalue weighted by Gasteiger charge is -2.06. The van der Waals surface area contributed by atoms with E-state index in [1.807, 2.05) is 0 Å². The van der Waals surface area contributed by atoms with Crippen LogP contribution in [0.3, 0.4) is 0 Å². The zero-order valence-corrected chi connectivity index (χ0v) is 12.1. The highest BCUT2D eigenvalue weighted by atomic mass is 19.4. The third-order valence-corrected chi connectivity index (χ3v) is 3.37. The Morgan fingerprint density at radius 1 is 1.38 bits per heavy atom. The smallest absolute Gasteiger partial charge is 0.408 e. The second-order valence-electron chi connectivity index (χ2n) is 5.46. The Morgan fingerprint density at radius 2 is 2.08 bits per heavy atom. The first kappa shape index (κ1) is 16.2. The van der Waals surface area contributed by atoms with Gasteiger partial charge in [-0.1, -0.05) is 0 Å². The molecular weight excluding hydrogens is 332 g/mol. The number of anilines is 1. The van der Waals surface area contributed by atoms with Crippen molar-refractivity contribution in [3.05, 3.63) is 29.8 Å². The van der Waals surface area contributed by atoms with Crippen molar-refractivity contribution in [3.63, 3.8) is 0 Å². The van der Waals surface area contributed by atoms with Crippen LogP contribution < -0.4 is 5.32 Å². The second-order valence-corrected chi connectivity index (χ2v) is 5.46. The van der Waals surface area contributed by atoms with Gasteiger partial charge in [0.1, 0.15) is 23.6 Å². The van der Waals surface area contributed by atoms with E-state index in [-0.39, 0.29) is 17.4 Å². The van der Waals surface area contributed by atoms with Gasteiger partial charge in [0.25, 0.3) is 0 Å². The molecule has 0 aliphatic heterocycles. The molecule has 0 amide bonds. The molecule has 0 saturated heterocycles. The Kier molecular flexibility index (Phi) is 3.90. The van der Waals surface area contributed by atoms with Gasteiger partial charge in [-0.2, -0.15) is 22.7 Å². The maximum absolute atomic E-state index is 14.2. The summed E-state index contributed by atoms with van der Waals surface area (Å²) in [6, 6.07) is 2.92. The van der Waals surface area contributed by atoms with Gasteiger partial charge in [-0.3, -0.25) is 4.68 Å². The van der Waals surface area contributed by atoms with Crippen LogP contribution in [0.15, 0.2) is 18.3 Å². The van der Waals surface area contributed by atoms with Gasteiger partial charge in [0, 0.05) is 12.2 Å². The van der Waals surface area contributed by atoms with E-state index < -0.39 is 35.9 Å². The number of carboxylic acid groups (broad SMARTS) is 1. The minimum absolute atomic E-state index is 0.239. The molecule has 3 rings (SSSR count). The topological polar surface area (TPSA) is 80.0 Å². The molecule has 0 spiro atoms. The fourth-order valence-corrected chi connectivity index (χ4v) is 2.17. The molecular formula is C14H12F4N4O2. The Labute approximate surface area is 133 Å². The predicted octanol–water partition coefficient (Wildman–Crippen LogP) is 2.92. The summed E-state index contributed by atoms with van der Waals surface area (Å²) in [6.07, 6.45) is -1.94. The average Bonchev–Trinajstić information content (AvgIpc) is 3.16. The highest BCUT2D eigenvalue weighted by Crippen LogP contribution is 2.29. The van der Waals surface area contributed by atoms with Crippen LogP contribution in [-0.4, -0.2) is 38.1 Å². The normalized spacial score (nSPS) is 14.7. The Hall–Kier alpha value is -2.65. The van der Waals surface area contributed by atoms with Gasteiger partial charge < -0.3 is 10.4 Å². The molecule has 0 unspecified atom stereocenters. The van der Waals surface area contributed by atoms with Crippen LogP contribution in [0.25, 0.3) is 11.3 Å². The summed E-state index contributed by atoms with van der Waals surface area (Å²) >= 11 is 0. The molecule has 2 N–H and O–H groups in total. The molecule has 2 aromatic heterocycles. The molecule has 24 heavy (non-hydrogen) atoms. The number of halogens is 4. The molecule has 6 nitrogen and oxygen atoms in total. The van der Waals surface area contributed by atoms with Crippen molar-refractivity contribution < 1.29 is 27.5 Å². The number of carbonyl (C=O) groups is 1. The Balaban J connectivity index is 1.96. The van der Waals surface area contributed by atoms with E-state index in [9.17, 15) is 22.4 Å².